The summed E-state index contributed by atoms with van der Waals surface area (Å²) in [4.78, 5) is 34.3. The molecule has 0 radical (unpaired) electrons. The predicted molar refractivity (Wildman–Crippen MR) is 108 cm³/mol. The van der Waals surface area contributed by atoms with Crippen molar-refractivity contribution in [2.75, 3.05) is 18.9 Å². The number of aromatic nitrogens is 3. The van der Waals surface area contributed by atoms with E-state index in [2.05, 4.69) is 20.4 Å². The van der Waals surface area contributed by atoms with E-state index in [9.17, 15) is 9.59 Å². The summed E-state index contributed by atoms with van der Waals surface area (Å²) in [6.45, 7) is 3.90. The molecule has 2 aromatic heterocycles. The minimum atomic E-state index is -0.243. The molecule has 0 aliphatic carbocycles. The summed E-state index contributed by atoms with van der Waals surface area (Å²) >= 11 is 0. The van der Waals surface area contributed by atoms with Crippen LogP contribution in [0.1, 0.15) is 23.4 Å². The topological polar surface area (TPSA) is 101 Å². The third-order valence-electron chi connectivity index (χ3n) is 4.64. The largest absolute Gasteiger partial charge is 0.339 e. The van der Waals surface area contributed by atoms with Gasteiger partial charge in [0.15, 0.2) is 0 Å². The molecule has 0 aliphatic heterocycles. The average Bonchev–Trinajstić information content (AvgIpc) is 3.19. The van der Waals surface area contributed by atoms with Gasteiger partial charge in [-0.15, -0.1) is 0 Å². The molecular formula is C21H23N5O3. The zero-order chi connectivity index (χ0) is 20.8. The normalized spacial score (nSPS) is 10.6. The summed E-state index contributed by atoms with van der Waals surface area (Å²) in [5.41, 5.74) is 3.65. The average molecular weight is 393 g/mol. The highest BCUT2D eigenvalue weighted by molar-refractivity contribution is 5.95. The van der Waals surface area contributed by atoms with Gasteiger partial charge in [-0.25, -0.2) is 0 Å². The Labute approximate surface area is 169 Å². The molecule has 0 saturated heterocycles. The molecule has 0 atom stereocenters. The highest BCUT2D eigenvalue weighted by Crippen LogP contribution is 2.18. The second kappa shape index (κ2) is 9.09. The van der Waals surface area contributed by atoms with E-state index in [1.54, 1.807) is 31.6 Å². The van der Waals surface area contributed by atoms with Crippen LogP contribution >= 0.6 is 0 Å². The molecule has 150 valence electrons. The van der Waals surface area contributed by atoms with Crippen LogP contribution in [0, 0.1) is 13.8 Å². The summed E-state index contributed by atoms with van der Waals surface area (Å²) in [5.74, 6) is 0.409. The Balaban J connectivity index is 1.50. The Hall–Kier alpha value is -3.55. The number of aryl methyl sites for hydroxylation is 2. The SMILES string of the molecule is Cc1cccc(NC(=O)CN(C)C(=O)CCc2nc(-c3ccncc3)no2)c1C. The number of carbonyl (C=O) groups excluding carboxylic acids is 2. The molecule has 2 amide bonds. The van der Waals surface area contributed by atoms with E-state index in [-0.39, 0.29) is 24.8 Å². The lowest BCUT2D eigenvalue weighted by Crippen LogP contribution is -2.35. The fourth-order valence-corrected chi connectivity index (χ4v) is 2.76. The number of benzene rings is 1. The first-order chi connectivity index (χ1) is 13.9. The van der Waals surface area contributed by atoms with Gasteiger partial charge in [-0.2, -0.15) is 4.98 Å². The van der Waals surface area contributed by atoms with Crippen molar-refractivity contribution in [3.8, 4) is 11.4 Å². The van der Waals surface area contributed by atoms with Gasteiger partial charge in [0.25, 0.3) is 0 Å². The molecule has 3 aromatic rings. The van der Waals surface area contributed by atoms with Gasteiger partial charge in [-0.1, -0.05) is 17.3 Å². The molecule has 1 N–H and O–H groups in total. The number of anilines is 1. The Morgan fingerprint density at radius 2 is 1.90 bits per heavy atom. The van der Waals surface area contributed by atoms with Crippen molar-refractivity contribution < 1.29 is 14.1 Å². The number of carbonyl (C=O) groups is 2. The van der Waals surface area contributed by atoms with Crippen molar-refractivity contribution in [2.24, 2.45) is 0 Å². The van der Waals surface area contributed by atoms with Crippen LogP contribution in [0.5, 0.6) is 0 Å². The highest BCUT2D eigenvalue weighted by Gasteiger charge is 2.16. The first kappa shape index (κ1) is 20.2. The van der Waals surface area contributed by atoms with Crippen molar-refractivity contribution in [1.82, 2.24) is 20.0 Å². The lowest BCUT2D eigenvalue weighted by molar-refractivity contribution is -0.133. The number of nitrogens with one attached hydrogen (secondary N) is 1. The summed E-state index contributed by atoms with van der Waals surface area (Å²) in [5, 5.41) is 6.77. The number of rotatable bonds is 7. The molecule has 29 heavy (non-hydrogen) atoms. The summed E-state index contributed by atoms with van der Waals surface area (Å²) in [6.07, 6.45) is 3.77. The molecule has 3 rings (SSSR count). The first-order valence-corrected chi connectivity index (χ1v) is 9.27. The number of likely N-dealkylation sites (N-methyl/N-ethyl adjacent to an activating group) is 1. The van der Waals surface area contributed by atoms with Crippen LogP contribution in [0.25, 0.3) is 11.4 Å². The maximum atomic E-state index is 12.3. The number of hydrogen-bond acceptors (Lipinski definition) is 6. The Bertz CT molecular complexity index is 1000. The third-order valence-corrected chi connectivity index (χ3v) is 4.64. The van der Waals surface area contributed by atoms with Gasteiger partial charge in [0.05, 0.1) is 6.54 Å². The fraction of sp³-hybridized carbons (Fsp3) is 0.286. The Kier molecular flexibility index (Phi) is 6.33. The summed E-state index contributed by atoms with van der Waals surface area (Å²) in [6, 6.07) is 9.28. The van der Waals surface area contributed by atoms with Crippen molar-refractivity contribution in [2.45, 2.75) is 26.7 Å². The lowest BCUT2D eigenvalue weighted by Gasteiger charge is -2.17. The van der Waals surface area contributed by atoms with Gasteiger partial charge >= 0.3 is 0 Å². The van der Waals surface area contributed by atoms with Gasteiger partial charge in [-0.05, 0) is 43.2 Å². The monoisotopic (exact) mass is 393 g/mol. The molecule has 8 nitrogen and oxygen atoms in total. The molecular weight excluding hydrogens is 370 g/mol. The van der Waals surface area contributed by atoms with Crippen molar-refractivity contribution >= 4 is 17.5 Å². The van der Waals surface area contributed by atoms with Crippen molar-refractivity contribution in [1.29, 1.82) is 0 Å². The quantitative estimate of drug-likeness (QED) is 0.662. The molecule has 0 unspecified atom stereocenters. The van der Waals surface area contributed by atoms with Crippen LogP contribution in [0.2, 0.25) is 0 Å². The van der Waals surface area contributed by atoms with E-state index < -0.39 is 0 Å². The fourth-order valence-electron chi connectivity index (χ4n) is 2.76. The predicted octanol–water partition coefficient (Wildman–Crippen LogP) is 2.78. The van der Waals surface area contributed by atoms with Crippen molar-refractivity contribution in [3.63, 3.8) is 0 Å². The Morgan fingerprint density at radius 1 is 1.14 bits per heavy atom. The molecule has 8 heteroatoms. The van der Waals surface area contributed by atoms with Crippen LogP contribution < -0.4 is 5.32 Å². The number of hydrogen-bond donors (Lipinski definition) is 1. The molecule has 0 saturated carbocycles. The minimum absolute atomic E-state index is 0.0295. The van der Waals surface area contributed by atoms with Crippen LogP contribution in [0.3, 0.4) is 0 Å². The van der Waals surface area contributed by atoms with E-state index in [1.807, 2.05) is 32.0 Å². The zero-order valence-corrected chi connectivity index (χ0v) is 16.7. The molecule has 2 heterocycles. The molecule has 0 bridgehead atoms. The van der Waals surface area contributed by atoms with Gasteiger partial charge in [0, 0.05) is 43.5 Å². The van der Waals surface area contributed by atoms with Gasteiger partial charge in [0.2, 0.25) is 23.5 Å². The standard InChI is InChI=1S/C21H23N5O3/c1-14-5-4-6-17(15(14)2)23-18(27)13-26(3)20(28)8-7-19-24-21(25-29-19)16-9-11-22-12-10-16/h4-6,9-12H,7-8,13H2,1-3H3,(H,23,27). The third kappa shape index (κ3) is 5.25. The van der Waals surface area contributed by atoms with E-state index in [1.165, 1.54) is 4.90 Å². The van der Waals surface area contributed by atoms with Gasteiger partial charge < -0.3 is 14.7 Å². The molecule has 1 aromatic carbocycles. The van der Waals surface area contributed by atoms with Crippen LogP contribution in [-0.2, 0) is 16.0 Å². The van der Waals surface area contributed by atoms with Crippen molar-refractivity contribution in [3.05, 3.63) is 59.7 Å². The number of pyridine rings is 1. The van der Waals surface area contributed by atoms with E-state index in [0.29, 0.717) is 18.1 Å². The maximum absolute atomic E-state index is 12.3. The maximum Gasteiger partial charge on any atom is 0.243 e. The molecule has 0 fully saturated rings. The highest BCUT2D eigenvalue weighted by atomic mass is 16.5. The smallest absolute Gasteiger partial charge is 0.243 e. The zero-order valence-electron chi connectivity index (χ0n) is 16.7. The van der Waals surface area contributed by atoms with Crippen LogP contribution in [0.15, 0.2) is 47.2 Å². The Morgan fingerprint density at radius 3 is 2.66 bits per heavy atom. The van der Waals surface area contributed by atoms with Crippen LogP contribution in [0.4, 0.5) is 5.69 Å². The second-order valence-corrected chi connectivity index (χ2v) is 6.79. The first-order valence-electron chi connectivity index (χ1n) is 9.27. The van der Waals surface area contributed by atoms with E-state index in [4.69, 9.17) is 4.52 Å². The number of amides is 2. The second-order valence-electron chi connectivity index (χ2n) is 6.79. The summed E-state index contributed by atoms with van der Waals surface area (Å²) in [7, 11) is 1.60. The van der Waals surface area contributed by atoms with E-state index in [0.717, 1.165) is 22.4 Å². The molecule has 0 spiro atoms. The lowest BCUT2D eigenvalue weighted by atomic mass is 10.1. The van der Waals surface area contributed by atoms with Gasteiger partial charge in [-0.3, -0.25) is 14.6 Å². The van der Waals surface area contributed by atoms with Crippen LogP contribution in [-0.4, -0.2) is 45.4 Å². The van der Waals surface area contributed by atoms with Gasteiger partial charge in [0.1, 0.15) is 0 Å². The van der Waals surface area contributed by atoms with E-state index >= 15 is 0 Å². The molecule has 0 aliphatic rings. The summed E-state index contributed by atoms with van der Waals surface area (Å²) < 4.78 is 5.20. The minimum Gasteiger partial charge on any atom is -0.339 e. The number of nitrogens with zero attached hydrogens (tertiary/aromatic N) is 4.